The van der Waals surface area contributed by atoms with Gasteiger partial charge in [0.05, 0.1) is 13.2 Å². The first kappa shape index (κ1) is 34.5. The van der Waals surface area contributed by atoms with Gasteiger partial charge < -0.3 is 49.7 Å². The van der Waals surface area contributed by atoms with Crippen molar-refractivity contribution < 1.29 is 53.4 Å². The highest BCUT2D eigenvalue weighted by Crippen LogP contribution is 2.38. The van der Waals surface area contributed by atoms with E-state index in [2.05, 4.69) is 16.0 Å². The number of hydrogen-bond donors (Lipinski definition) is 7. The van der Waals surface area contributed by atoms with E-state index in [9.17, 15) is 39.6 Å². The molecule has 15 heteroatoms. The van der Waals surface area contributed by atoms with Crippen molar-refractivity contribution in [2.45, 2.75) is 49.1 Å². The minimum absolute atomic E-state index is 0.0785. The highest BCUT2D eigenvalue weighted by atomic mass is 16.7. The fraction of sp³-hybridized carbons (Fsp3) is 0.314. The molecule has 0 bridgehead atoms. The Morgan fingerprint density at radius 1 is 0.900 bits per heavy atom. The molecule has 15 nitrogen and oxygen atoms in total. The molecule has 3 aromatic carbocycles. The van der Waals surface area contributed by atoms with E-state index in [1.54, 1.807) is 48.5 Å². The van der Waals surface area contributed by atoms with Crippen LogP contribution in [0.4, 0.5) is 4.79 Å². The van der Waals surface area contributed by atoms with E-state index >= 15 is 0 Å². The van der Waals surface area contributed by atoms with Crippen molar-refractivity contribution in [3.63, 3.8) is 0 Å². The van der Waals surface area contributed by atoms with Crippen LogP contribution in [0.3, 0.4) is 0 Å². The van der Waals surface area contributed by atoms with Crippen molar-refractivity contribution in [3.8, 4) is 11.5 Å². The van der Waals surface area contributed by atoms with Crippen molar-refractivity contribution in [1.82, 2.24) is 16.0 Å². The third-order valence-electron chi connectivity index (χ3n) is 8.53. The lowest BCUT2D eigenvalue weighted by atomic mass is 9.82. The molecule has 4 aromatic rings. The second-order valence-corrected chi connectivity index (χ2v) is 11.8. The summed E-state index contributed by atoms with van der Waals surface area (Å²) in [4.78, 5) is 50.9. The molecular formula is C35H35N3O12. The topological polar surface area (TPSA) is 226 Å². The molecule has 2 saturated heterocycles. The molecule has 6 atom stereocenters. The summed E-state index contributed by atoms with van der Waals surface area (Å²) in [6.07, 6.45) is -6.38. The number of nitrogens with one attached hydrogen (secondary N) is 3. The lowest BCUT2D eigenvalue weighted by Gasteiger charge is -2.39. The average molecular weight is 690 g/mol. The van der Waals surface area contributed by atoms with Crippen LogP contribution in [0.25, 0.3) is 11.0 Å². The number of amides is 4. The zero-order chi connectivity index (χ0) is 35.4. The third kappa shape index (κ3) is 6.77. The average Bonchev–Trinajstić information content (AvgIpc) is 3.43. The number of aliphatic hydroxyl groups excluding tert-OH is 4. The Morgan fingerprint density at radius 3 is 2.40 bits per heavy atom. The first-order valence-corrected chi connectivity index (χ1v) is 15.9. The molecule has 7 N–H and O–H groups in total. The van der Waals surface area contributed by atoms with Crippen LogP contribution in [0.5, 0.6) is 11.5 Å². The third-order valence-corrected chi connectivity index (χ3v) is 8.53. The van der Waals surface area contributed by atoms with Gasteiger partial charge >= 0.3 is 11.7 Å². The largest absolute Gasteiger partial charge is 0.493 e. The number of hydrogen-bond acceptors (Lipinski definition) is 12. The van der Waals surface area contributed by atoms with E-state index in [0.717, 1.165) is 0 Å². The Kier molecular flexibility index (Phi) is 10.1. The number of ether oxygens (including phenoxy) is 3. The molecule has 2 aliphatic heterocycles. The number of carbonyl (C=O) groups is 3. The summed E-state index contributed by atoms with van der Waals surface area (Å²) < 4.78 is 22.3. The van der Waals surface area contributed by atoms with E-state index in [1.165, 1.54) is 24.3 Å². The Labute approximate surface area is 284 Å². The fourth-order valence-electron chi connectivity index (χ4n) is 5.92. The van der Waals surface area contributed by atoms with Crippen LogP contribution in [-0.4, -0.2) is 88.7 Å². The van der Waals surface area contributed by atoms with Gasteiger partial charge in [-0.05, 0) is 42.7 Å². The van der Waals surface area contributed by atoms with Gasteiger partial charge in [0.15, 0.2) is 5.54 Å². The van der Waals surface area contributed by atoms with Gasteiger partial charge in [-0.3, -0.25) is 14.9 Å². The number of benzene rings is 3. The van der Waals surface area contributed by atoms with Crippen molar-refractivity contribution in [1.29, 1.82) is 0 Å². The number of carbonyl (C=O) groups excluding carboxylic acids is 3. The maximum Gasteiger partial charge on any atom is 0.349 e. The summed E-state index contributed by atoms with van der Waals surface area (Å²) >= 11 is 0. The molecule has 262 valence electrons. The Morgan fingerprint density at radius 2 is 1.66 bits per heavy atom. The normalized spacial score (nSPS) is 24.8. The van der Waals surface area contributed by atoms with E-state index in [0.29, 0.717) is 35.1 Å². The summed E-state index contributed by atoms with van der Waals surface area (Å²) in [5.74, 6) is -0.652. The summed E-state index contributed by atoms with van der Waals surface area (Å²) in [6, 6.07) is 20.9. The summed E-state index contributed by atoms with van der Waals surface area (Å²) in [6.45, 7) is -0.165. The summed E-state index contributed by atoms with van der Waals surface area (Å²) in [7, 11) is 0. The molecular weight excluding hydrogens is 654 g/mol. The van der Waals surface area contributed by atoms with E-state index in [4.69, 9.17) is 18.6 Å². The van der Waals surface area contributed by atoms with Gasteiger partial charge in [0, 0.05) is 23.6 Å². The van der Waals surface area contributed by atoms with Gasteiger partial charge in [0.2, 0.25) is 6.29 Å². The Balaban J connectivity index is 1.04. The molecule has 0 aliphatic carbocycles. The first-order chi connectivity index (χ1) is 24.1. The van der Waals surface area contributed by atoms with E-state index in [1.807, 2.05) is 6.07 Å². The predicted molar refractivity (Wildman–Crippen MR) is 174 cm³/mol. The molecule has 50 heavy (non-hydrogen) atoms. The molecule has 3 heterocycles. The van der Waals surface area contributed by atoms with Crippen molar-refractivity contribution >= 4 is 28.8 Å². The highest BCUT2D eigenvalue weighted by molar-refractivity contribution is 6.10. The van der Waals surface area contributed by atoms with Gasteiger partial charge in [-0.1, -0.05) is 48.5 Å². The van der Waals surface area contributed by atoms with Crippen molar-refractivity contribution in [2.24, 2.45) is 0 Å². The minimum Gasteiger partial charge on any atom is -0.493 e. The molecule has 0 unspecified atom stereocenters. The van der Waals surface area contributed by atoms with Gasteiger partial charge in [-0.2, -0.15) is 0 Å². The van der Waals surface area contributed by atoms with E-state index < -0.39 is 66.3 Å². The molecule has 0 saturated carbocycles. The number of urea groups is 1. The monoisotopic (exact) mass is 689 g/mol. The number of para-hydroxylation sites is 1. The fourth-order valence-corrected chi connectivity index (χ4v) is 5.92. The van der Waals surface area contributed by atoms with Crippen molar-refractivity contribution in [3.05, 3.63) is 106 Å². The maximum absolute atomic E-state index is 13.1. The molecule has 1 aromatic heterocycles. The maximum atomic E-state index is 13.1. The van der Waals surface area contributed by atoms with Crippen LogP contribution < -0.4 is 31.0 Å². The Bertz CT molecular complexity index is 1930. The number of rotatable bonds is 12. The second-order valence-electron chi connectivity index (χ2n) is 11.8. The van der Waals surface area contributed by atoms with Gasteiger partial charge in [-0.15, -0.1) is 0 Å². The van der Waals surface area contributed by atoms with Crippen molar-refractivity contribution in [2.75, 3.05) is 19.8 Å². The Hall–Kier alpha value is -5.32. The van der Waals surface area contributed by atoms with Gasteiger partial charge in [0.25, 0.3) is 11.8 Å². The van der Waals surface area contributed by atoms with Crippen LogP contribution in [0, 0.1) is 0 Å². The first-order valence-electron chi connectivity index (χ1n) is 15.9. The molecule has 6 rings (SSSR count). The molecule has 2 aliphatic rings. The van der Waals surface area contributed by atoms with Gasteiger partial charge in [0.1, 0.15) is 47.1 Å². The lowest BCUT2D eigenvalue weighted by Crippen LogP contribution is -2.60. The smallest absolute Gasteiger partial charge is 0.349 e. The lowest BCUT2D eigenvalue weighted by molar-refractivity contribution is -0.277. The van der Waals surface area contributed by atoms with Crippen LogP contribution in [0.1, 0.15) is 34.3 Å². The summed E-state index contributed by atoms with van der Waals surface area (Å²) in [5, 5.41) is 47.8. The molecule has 2 fully saturated rings. The van der Waals surface area contributed by atoms with Crippen LogP contribution in [0.2, 0.25) is 0 Å². The van der Waals surface area contributed by atoms with Crippen LogP contribution in [-0.2, 0) is 15.1 Å². The number of aliphatic hydroxyl groups is 4. The minimum atomic E-state index is -1.63. The number of imide groups is 1. The zero-order valence-electron chi connectivity index (χ0n) is 26.5. The summed E-state index contributed by atoms with van der Waals surface area (Å²) in [5.41, 5.74) is -1.46. The van der Waals surface area contributed by atoms with E-state index in [-0.39, 0.29) is 30.0 Å². The molecule has 0 radical (unpaired) electrons. The number of fused-ring (bicyclic) bond motifs is 1. The highest BCUT2D eigenvalue weighted by Gasteiger charge is 2.50. The predicted octanol–water partition coefficient (Wildman–Crippen LogP) is 0.644. The molecule has 4 amide bonds. The standard InChI is InChI=1S/C35H35N3O12/c39-18-26-27(40)28(41)29(42)32(50-26)48-21-13-12-19-16-22(31(44)49-25(19)17-21)30(43)36-14-6-7-15-47-24-11-5-4-10-23(24)35(20-8-2-1-3-9-20)33(45)37-34(46)38-35/h1-5,8-13,16-17,26-29,32,39-42H,6-7,14-15,18H2,(H,36,43)(H2,37,38,45,46)/t26-,27+,28+,29-,32-,35-/m1/s1. The van der Waals surface area contributed by atoms with Gasteiger partial charge in [-0.25, -0.2) is 9.59 Å². The van der Waals surface area contributed by atoms with Crippen LogP contribution in [0.15, 0.2) is 88.1 Å². The zero-order valence-corrected chi connectivity index (χ0v) is 26.5. The number of unbranched alkanes of at least 4 members (excludes halogenated alkanes) is 1. The molecule has 0 spiro atoms. The second kappa shape index (κ2) is 14.7. The van der Waals surface area contributed by atoms with Crippen LogP contribution >= 0.6 is 0 Å². The quantitative estimate of drug-likeness (QED) is 0.0618. The SMILES string of the molecule is O=C1NC(=O)[C@@](c2ccccc2)(c2ccccc2OCCCCNC(=O)c2cc3ccc(O[C@@H]4O[C@H](CO)[C@H](O)[C@H](O)[C@H]4O)cc3oc2=O)N1.